The predicted molar refractivity (Wildman–Crippen MR) is 74.5 cm³/mol. The molecular formula is C14H19N5O. The molecule has 1 N–H and O–H groups in total. The second-order valence-electron chi connectivity index (χ2n) is 5.08. The predicted octanol–water partition coefficient (Wildman–Crippen LogP) is 1.27. The van der Waals surface area contributed by atoms with Crippen molar-refractivity contribution in [2.75, 3.05) is 20.2 Å². The van der Waals surface area contributed by atoms with Gasteiger partial charge in [-0.3, -0.25) is 0 Å². The molecule has 1 unspecified atom stereocenters. The van der Waals surface area contributed by atoms with Crippen LogP contribution >= 0.6 is 0 Å². The summed E-state index contributed by atoms with van der Waals surface area (Å²) >= 11 is 0. The molecule has 1 fully saturated rings. The average molecular weight is 273 g/mol. The molecule has 0 radical (unpaired) electrons. The molecule has 2 atom stereocenters. The summed E-state index contributed by atoms with van der Waals surface area (Å²) in [6.07, 6.45) is 3.85. The minimum atomic E-state index is 0.121. The number of nitrogens with zero attached hydrogens (tertiary/aromatic N) is 4. The molecule has 2 aromatic rings. The molecule has 0 aliphatic carbocycles. The van der Waals surface area contributed by atoms with Gasteiger partial charge in [0.2, 0.25) is 0 Å². The Morgan fingerprint density at radius 2 is 2.20 bits per heavy atom. The zero-order valence-electron chi connectivity index (χ0n) is 11.6. The summed E-state index contributed by atoms with van der Waals surface area (Å²) in [6.45, 7) is 2.08. The van der Waals surface area contributed by atoms with E-state index < -0.39 is 0 Å². The maximum Gasteiger partial charge on any atom is 0.162 e. The summed E-state index contributed by atoms with van der Waals surface area (Å²) in [6, 6.07) is 8.25. The van der Waals surface area contributed by atoms with Crippen LogP contribution in [0.1, 0.15) is 24.4 Å². The minimum absolute atomic E-state index is 0.121. The number of ether oxygens (including phenoxy) is 1. The minimum Gasteiger partial charge on any atom is -0.497 e. The van der Waals surface area contributed by atoms with Crippen LogP contribution in [0.15, 0.2) is 30.6 Å². The van der Waals surface area contributed by atoms with Crippen molar-refractivity contribution in [1.29, 1.82) is 0 Å². The van der Waals surface area contributed by atoms with E-state index in [4.69, 9.17) is 4.74 Å². The van der Waals surface area contributed by atoms with E-state index in [-0.39, 0.29) is 6.04 Å². The quantitative estimate of drug-likeness (QED) is 0.909. The fourth-order valence-electron chi connectivity index (χ4n) is 2.85. The third kappa shape index (κ3) is 2.65. The zero-order valence-corrected chi connectivity index (χ0v) is 11.6. The lowest BCUT2D eigenvalue weighted by atomic mass is 9.87. The fourth-order valence-corrected chi connectivity index (χ4v) is 2.85. The number of rotatable bonds is 4. The molecule has 6 nitrogen and oxygen atoms in total. The first kappa shape index (κ1) is 13.1. The lowest BCUT2D eigenvalue weighted by Gasteiger charge is -2.30. The SMILES string of the molecule is COc1ccc([C@H](C2CCCNC2)n2ncnn2)cc1. The van der Waals surface area contributed by atoms with Gasteiger partial charge in [-0.1, -0.05) is 12.1 Å². The van der Waals surface area contributed by atoms with Crippen LogP contribution in [0.4, 0.5) is 0 Å². The Labute approximate surface area is 118 Å². The molecule has 1 saturated heterocycles. The van der Waals surface area contributed by atoms with Gasteiger partial charge in [-0.05, 0) is 48.2 Å². The maximum absolute atomic E-state index is 5.22. The van der Waals surface area contributed by atoms with Gasteiger partial charge in [0.1, 0.15) is 11.8 Å². The lowest BCUT2D eigenvalue weighted by molar-refractivity contribution is 0.261. The Bertz CT molecular complexity index is 519. The molecule has 0 bridgehead atoms. The summed E-state index contributed by atoms with van der Waals surface area (Å²) in [7, 11) is 1.68. The highest BCUT2D eigenvalue weighted by Crippen LogP contribution is 2.30. The number of tetrazole rings is 1. The van der Waals surface area contributed by atoms with Crippen molar-refractivity contribution in [2.24, 2.45) is 5.92 Å². The van der Waals surface area contributed by atoms with Crippen LogP contribution in [0, 0.1) is 5.92 Å². The molecule has 3 rings (SSSR count). The number of methoxy groups -OCH3 is 1. The standard InChI is InChI=1S/C14H19N5O/c1-20-13-6-4-11(5-7-13)14(19-17-10-16-18-19)12-3-2-8-15-9-12/h4-7,10,12,14-15H,2-3,8-9H2,1H3/t12?,14-/m1/s1. The summed E-state index contributed by atoms with van der Waals surface area (Å²) in [5.74, 6) is 1.34. The van der Waals surface area contributed by atoms with E-state index in [9.17, 15) is 0 Å². The van der Waals surface area contributed by atoms with Crippen LogP contribution in [0.3, 0.4) is 0 Å². The molecule has 0 spiro atoms. The van der Waals surface area contributed by atoms with E-state index in [0.717, 1.165) is 18.8 Å². The van der Waals surface area contributed by atoms with Gasteiger partial charge in [0.15, 0.2) is 6.33 Å². The summed E-state index contributed by atoms with van der Waals surface area (Å²) in [5.41, 5.74) is 1.19. The Kier molecular flexibility index (Phi) is 3.92. The highest BCUT2D eigenvalue weighted by atomic mass is 16.5. The van der Waals surface area contributed by atoms with Gasteiger partial charge in [-0.2, -0.15) is 4.80 Å². The highest BCUT2D eigenvalue weighted by Gasteiger charge is 2.28. The smallest absolute Gasteiger partial charge is 0.162 e. The summed E-state index contributed by atoms with van der Waals surface area (Å²) in [4.78, 5) is 1.72. The van der Waals surface area contributed by atoms with Gasteiger partial charge in [-0.15, -0.1) is 10.2 Å². The van der Waals surface area contributed by atoms with Crippen molar-refractivity contribution in [3.05, 3.63) is 36.2 Å². The molecule has 0 saturated carbocycles. The molecule has 1 aromatic heterocycles. The molecule has 1 aliphatic heterocycles. The van der Waals surface area contributed by atoms with Gasteiger partial charge in [0, 0.05) is 6.54 Å². The van der Waals surface area contributed by atoms with E-state index >= 15 is 0 Å². The van der Waals surface area contributed by atoms with Crippen molar-refractivity contribution in [3.63, 3.8) is 0 Å². The summed E-state index contributed by atoms with van der Waals surface area (Å²) in [5, 5.41) is 15.7. The number of aromatic nitrogens is 4. The maximum atomic E-state index is 5.22. The normalized spacial score (nSPS) is 20.6. The Morgan fingerprint density at radius 3 is 2.80 bits per heavy atom. The molecule has 20 heavy (non-hydrogen) atoms. The third-order valence-electron chi connectivity index (χ3n) is 3.85. The van der Waals surface area contributed by atoms with E-state index in [1.165, 1.54) is 24.7 Å². The van der Waals surface area contributed by atoms with E-state index in [1.54, 1.807) is 11.9 Å². The van der Waals surface area contributed by atoms with Crippen molar-refractivity contribution in [1.82, 2.24) is 25.5 Å². The van der Waals surface area contributed by atoms with Crippen molar-refractivity contribution < 1.29 is 4.74 Å². The van der Waals surface area contributed by atoms with Gasteiger partial charge < -0.3 is 10.1 Å². The zero-order chi connectivity index (χ0) is 13.8. The van der Waals surface area contributed by atoms with E-state index in [0.29, 0.717) is 5.92 Å². The van der Waals surface area contributed by atoms with E-state index in [2.05, 4.69) is 32.9 Å². The average Bonchev–Trinajstić information content (AvgIpc) is 3.03. The molecule has 0 amide bonds. The van der Waals surface area contributed by atoms with Gasteiger partial charge in [0.05, 0.1) is 7.11 Å². The lowest BCUT2D eigenvalue weighted by Crippen LogP contribution is -2.36. The molecule has 1 aliphatic rings. The van der Waals surface area contributed by atoms with Gasteiger partial charge in [-0.25, -0.2) is 0 Å². The molecule has 1 aromatic carbocycles. The first-order valence-electron chi connectivity index (χ1n) is 6.95. The number of hydrogen-bond donors (Lipinski definition) is 1. The Hall–Kier alpha value is -1.95. The first-order chi connectivity index (χ1) is 9.88. The second-order valence-corrected chi connectivity index (χ2v) is 5.08. The van der Waals surface area contributed by atoms with Gasteiger partial charge >= 0.3 is 0 Å². The Morgan fingerprint density at radius 1 is 1.35 bits per heavy atom. The molecule has 2 heterocycles. The number of piperidine rings is 1. The van der Waals surface area contributed by atoms with Crippen molar-refractivity contribution >= 4 is 0 Å². The largest absolute Gasteiger partial charge is 0.497 e. The number of hydrogen-bond acceptors (Lipinski definition) is 5. The summed E-state index contributed by atoms with van der Waals surface area (Å²) < 4.78 is 5.22. The molecular weight excluding hydrogens is 254 g/mol. The number of nitrogens with one attached hydrogen (secondary N) is 1. The van der Waals surface area contributed by atoms with Crippen molar-refractivity contribution in [3.8, 4) is 5.75 Å². The van der Waals surface area contributed by atoms with Crippen LogP contribution < -0.4 is 10.1 Å². The van der Waals surface area contributed by atoms with Crippen LogP contribution in [0.25, 0.3) is 0 Å². The highest BCUT2D eigenvalue weighted by molar-refractivity contribution is 5.29. The first-order valence-corrected chi connectivity index (χ1v) is 6.95. The second kappa shape index (κ2) is 6.00. The third-order valence-corrected chi connectivity index (χ3v) is 3.85. The van der Waals surface area contributed by atoms with Crippen LogP contribution in [-0.4, -0.2) is 40.4 Å². The van der Waals surface area contributed by atoms with Gasteiger partial charge in [0.25, 0.3) is 0 Å². The van der Waals surface area contributed by atoms with E-state index in [1.807, 2.05) is 12.1 Å². The van der Waals surface area contributed by atoms with Crippen LogP contribution in [0.2, 0.25) is 0 Å². The van der Waals surface area contributed by atoms with Crippen LogP contribution in [0.5, 0.6) is 5.75 Å². The fraction of sp³-hybridized carbons (Fsp3) is 0.500. The Balaban J connectivity index is 1.91. The van der Waals surface area contributed by atoms with Crippen molar-refractivity contribution in [2.45, 2.75) is 18.9 Å². The topological polar surface area (TPSA) is 64.9 Å². The molecule has 6 heteroatoms. The molecule has 106 valence electrons. The number of benzene rings is 1. The monoisotopic (exact) mass is 273 g/mol. The van der Waals surface area contributed by atoms with Crippen LogP contribution in [-0.2, 0) is 0 Å².